The summed E-state index contributed by atoms with van der Waals surface area (Å²) < 4.78 is 39.1. The van der Waals surface area contributed by atoms with E-state index in [1.807, 2.05) is 45.3 Å². The van der Waals surface area contributed by atoms with Gasteiger partial charge in [0.25, 0.3) is 0 Å². The highest BCUT2D eigenvalue weighted by Gasteiger charge is 2.22. The lowest BCUT2D eigenvalue weighted by Crippen LogP contribution is -2.68. The van der Waals surface area contributed by atoms with Gasteiger partial charge in [-0.2, -0.15) is 0 Å². The van der Waals surface area contributed by atoms with Crippen LogP contribution in [0, 0.1) is 15.7 Å². The molecule has 0 amide bonds. The predicted molar refractivity (Wildman–Crippen MR) is 52.2 cm³/mol. The van der Waals surface area contributed by atoms with Gasteiger partial charge in [0.2, 0.25) is 0 Å². The summed E-state index contributed by atoms with van der Waals surface area (Å²) in [6.07, 6.45) is 3.63. The highest BCUT2D eigenvalue weighted by molar-refractivity contribution is 5.75. The van der Waals surface area contributed by atoms with Crippen LogP contribution in [0.3, 0.4) is 0 Å². The van der Waals surface area contributed by atoms with Gasteiger partial charge in [0, 0.05) is 6.07 Å². The van der Waals surface area contributed by atoms with Crippen molar-refractivity contribution >= 4 is 5.97 Å². The molecule has 0 aliphatic carbocycles. The fourth-order valence-corrected chi connectivity index (χ4v) is 0.886. The van der Waals surface area contributed by atoms with Crippen LogP contribution >= 0.6 is 0 Å². The number of carbonyl (C=O) groups excluding carboxylic acids is 1. The molecule has 0 saturated carbocycles. The van der Waals surface area contributed by atoms with Crippen molar-refractivity contribution in [2.45, 2.75) is 27.4 Å². The Labute approximate surface area is 113 Å². The van der Waals surface area contributed by atoms with Gasteiger partial charge in [-0.15, -0.1) is 10.2 Å². The van der Waals surface area contributed by atoms with Crippen molar-refractivity contribution in [2.75, 3.05) is 0 Å². The molecule has 1 N–H and O–H groups in total. The van der Waals surface area contributed by atoms with Crippen molar-refractivity contribution < 1.29 is 43.4 Å². The molecule has 1 rings (SSSR count). The highest BCUT2D eigenvalue weighted by atomic mass is 35.7. The number of hydrogen-bond acceptors (Lipinski definition) is 6. The standard InChI is InChI=1S/C11H15NO2.ClHO4/c1-11(2,3)10(13)14-8-9-5-4-6-12-7-9;2-1(3,4)5/h4-7H,8H2,1-3H3;(H,2,3,4,5). The van der Waals surface area contributed by atoms with E-state index in [0.717, 1.165) is 5.56 Å². The Bertz CT molecular complexity index is 378. The molecule has 8 heteroatoms. The lowest BCUT2D eigenvalue weighted by Gasteiger charge is -2.17. The molecule has 1 aromatic heterocycles. The number of aromatic nitrogens is 1. The van der Waals surface area contributed by atoms with E-state index < -0.39 is 15.7 Å². The Balaban J connectivity index is 0.000000555. The lowest BCUT2D eigenvalue weighted by molar-refractivity contribution is -2.00. The maximum atomic E-state index is 11.4. The van der Waals surface area contributed by atoms with E-state index in [9.17, 15) is 4.79 Å². The summed E-state index contributed by atoms with van der Waals surface area (Å²) in [5.41, 5.74) is 0.531. The summed E-state index contributed by atoms with van der Waals surface area (Å²) in [5.74, 6) is -0.179. The predicted octanol–water partition coefficient (Wildman–Crippen LogP) is -3.17. The molecule has 0 unspecified atom stereocenters. The molecular formula is C11H16ClNO6. The molecule has 0 radical (unpaired) electrons. The first kappa shape index (κ1) is 17.8. The van der Waals surface area contributed by atoms with Crippen LogP contribution in [-0.2, 0) is 16.1 Å². The number of H-pyrrole nitrogens is 1. The first-order valence-electron chi connectivity index (χ1n) is 5.24. The lowest BCUT2D eigenvalue weighted by atomic mass is 9.97. The number of ether oxygens (including phenoxy) is 1. The summed E-state index contributed by atoms with van der Waals surface area (Å²) in [6, 6.07) is 3.78. The van der Waals surface area contributed by atoms with E-state index in [4.69, 9.17) is 23.4 Å². The van der Waals surface area contributed by atoms with E-state index >= 15 is 0 Å². The molecule has 108 valence electrons. The molecule has 7 nitrogen and oxygen atoms in total. The van der Waals surface area contributed by atoms with Crippen molar-refractivity contribution in [3.8, 4) is 0 Å². The second-order valence-electron chi connectivity index (χ2n) is 4.62. The second-order valence-corrected chi connectivity index (χ2v) is 5.37. The molecular weight excluding hydrogens is 278 g/mol. The second kappa shape index (κ2) is 7.37. The van der Waals surface area contributed by atoms with Crippen molar-refractivity contribution in [3.05, 3.63) is 30.1 Å². The highest BCUT2D eigenvalue weighted by Crippen LogP contribution is 2.15. The van der Waals surface area contributed by atoms with Crippen LogP contribution in [0.5, 0.6) is 0 Å². The number of aromatic amines is 1. The maximum Gasteiger partial charge on any atom is 0.311 e. The average Bonchev–Trinajstić information content (AvgIpc) is 2.23. The van der Waals surface area contributed by atoms with Gasteiger partial charge in [-0.1, -0.05) is 0 Å². The average molecular weight is 294 g/mol. The zero-order chi connectivity index (χ0) is 15.1. The molecule has 0 fully saturated rings. The molecule has 1 aromatic rings. The van der Waals surface area contributed by atoms with Crippen molar-refractivity contribution in [2.24, 2.45) is 5.41 Å². The largest absolute Gasteiger partial charge is 0.460 e. The molecule has 0 bridgehead atoms. The fourth-order valence-electron chi connectivity index (χ4n) is 0.886. The number of nitrogens with one attached hydrogen (secondary N) is 1. The Hall–Kier alpha value is -1.25. The van der Waals surface area contributed by atoms with E-state index in [1.54, 1.807) is 0 Å². The van der Waals surface area contributed by atoms with E-state index in [0.29, 0.717) is 6.61 Å². The van der Waals surface area contributed by atoms with Crippen LogP contribution in [-0.4, -0.2) is 5.97 Å². The Morgan fingerprint density at radius 3 is 2.21 bits per heavy atom. The van der Waals surface area contributed by atoms with Crippen LogP contribution in [0.2, 0.25) is 0 Å². The quantitative estimate of drug-likeness (QED) is 0.528. The molecule has 0 aliphatic heterocycles. The van der Waals surface area contributed by atoms with Gasteiger partial charge in [-0.3, -0.25) is 4.79 Å². The molecule has 1 heterocycles. The van der Waals surface area contributed by atoms with Gasteiger partial charge in [-0.05, 0) is 26.8 Å². The summed E-state index contributed by atoms with van der Waals surface area (Å²) in [4.78, 5) is 14.3. The zero-order valence-electron chi connectivity index (χ0n) is 10.8. The van der Waals surface area contributed by atoms with Crippen LogP contribution in [0.4, 0.5) is 0 Å². The number of halogens is 1. The van der Waals surface area contributed by atoms with Gasteiger partial charge in [0.15, 0.2) is 12.4 Å². The van der Waals surface area contributed by atoms with Crippen LogP contribution in [0.1, 0.15) is 26.3 Å². The van der Waals surface area contributed by atoms with Gasteiger partial charge in [0.05, 0.1) is 11.0 Å². The summed E-state index contributed by atoms with van der Waals surface area (Å²) in [5, 5.41) is 0. The van der Waals surface area contributed by atoms with Gasteiger partial charge >= 0.3 is 5.97 Å². The minimum atomic E-state index is -4.94. The van der Waals surface area contributed by atoms with Crippen molar-refractivity contribution in [3.63, 3.8) is 0 Å². The Morgan fingerprint density at radius 2 is 1.84 bits per heavy atom. The first-order chi connectivity index (χ1) is 8.50. The number of carbonyl (C=O) groups is 1. The van der Waals surface area contributed by atoms with Gasteiger partial charge in [-0.25, -0.2) is 23.6 Å². The van der Waals surface area contributed by atoms with Crippen molar-refractivity contribution in [1.82, 2.24) is 0 Å². The van der Waals surface area contributed by atoms with Crippen LogP contribution in [0.15, 0.2) is 24.5 Å². The third-order valence-corrected chi connectivity index (χ3v) is 1.75. The van der Waals surface area contributed by atoms with Gasteiger partial charge in [0.1, 0.15) is 6.61 Å². The Morgan fingerprint density at radius 1 is 1.32 bits per heavy atom. The normalized spacial score (nSPS) is 11.3. The van der Waals surface area contributed by atoms with E-state index in [2.05, 4.69) is 4.98 Å². The Kier molecular flexibility index (Phi) is 6.88. The monoisotopic (exact) mass is 293 g/mol. The van der Waals surface area contributed by atoms with E-state index in [1.165, 1.54) is 0 Å². The summed E-state index contributed by atoms with van der Waals surface area (Å²) in [6.45, 7) is 5.85. The molecule has 0 atom stereocenters. The smallest absolute Gasteiger partial charge is 0.311 e. The number of rotatable bonds is 2. The van der Waals surface area contributed by atoms with Crippen molar-refractivity contribution in [1.29, 1.82) is 0 Å². The topological polar surface area (TPSA) is 133 Å². The number of pyridine rings is 1. The molecule has 0 aromatic carbocycles. The van der Waals surface area contributed by atoms with Crippen LogP contribution in [0.25, 0.3) is 0 Å². The van der Waals surface area contributed by atoms with Crippen LogP contribution < -0.4 is 23.6 Å². The minimum absolute atomic E-state index is 0.179. The molecule has 19 heavy (non-hydrogen) atoms. The third kappa shape index (κ3) is 11.6. The number of hydrogen-bond donors (Lipinski definition) is 0. The molecule has 0 saturated heterocycles. The fraction of sp³-hybridized carbons (Fsp3) is 0.455. The maximum absolute atomic E-state index is 11.4. The first-order valence-corrected chi connectivity index (χ1v) is 6.47. The van der Waals surface area contributed by atoms with Gasteiger partial charge < -0.3 is 4.74 Å². The molecule has 0 aliphatic rings. The minimum Gasteiger partial charge on any atom is -0.460 e. The number of esters is 1. The third-order valence-electron chi connectivity index (χ3n) is 1.75. The summed E-state index contributed by atoms with van der Waals surface area (Å²) in [7, 11) is -4.94. The SMILES string of the molecule is CC(C)(C)C(=O)OCc1ccc[nH+]c1.[O-][Cl+3]([O-])([O-])[O-]. The zero-order valence-corrected chi connectivity index (χ0v) is 11.6. The summed E-state index contributed by atoms with van der Waals surface area (Å²) >= 11 is 0. The molecule has 0 spiro atoms. The van der Waals surface area contributed by atoms with E-state index in [-0.39, 0.29) is 5.97 Å².